The lowest BCUT2D eigenvalue weighted by molar-refractivity contribution is -0.212. The zero-order valence-electron chi connectivity index (χ0n) is 9.68. The molecule has 0 aromatic carbocycles. The molecule has 0 spiro atoms. The largest absolute Gasteiger partial charge is 0.393 e. The molecule has 1 aromatic rings. The first-order valence-corrected chi connectivity index (χ1v) is 5.40. The minimum Gasteiger partial charge on any atom is -0.393 e. The predicted octanol–water partition coefficient (Wildman–Crippen LogP) is -2.64. The van der Waals surface area contributed by atoms with Gasteiger partial charge in [-0.15, -0.1) is 6.42 Å². The summed E-state index contributed by atoms with van der Waals surface area (Å²) in [6, 6.07) is 1.07. The fourth-order valence-corrected chi connectivity index (χ4v) is 1.99. The summed E-state index contributed by atoms with van der Waals surface area (Å²) in [6.07, 6.45) is 3.80. The zero-order chi connectivity index (χ0) is 14.2. The van der Waals surface area contributed by atoms with Gasteiger partial charge in [0.25, 0.3) is 5.56 Å². The summed E-state index contributed by atoms with van der Waals surface area (Å²) in [4.78, 5) is 24.6. The normalized spacial score (nSPS) is 29.1. The standard InChI is InChI=1S/C11H12N2O6/c1-2-6-9(19-7(5-14)11(6,17)18)13-4-3-8(15)12-10(13)16/h1,3-4,6-7,9,14,17-18H,5H2,(H,12,15,16)/t6-,7+,9+/m0/s1. The topological polar surface area (TPSA) is 125 Å². The van der Waals surface area contributed by atoms with Crippen molar-refractivity contribution in [1.29, 1.82) is 0 Å². The van der Waals surface area contributed by atoms with Crippen LogP contribution in [0.2, 0.25) is 0 Å². The molecule has 8 nitrogen and oxygen atoms in total. The van der Waals surface area contributed by atoms with Crippen LogP contribution in [0.1, 0.15) is 6.23 Å². The summed E-state index contributed by atoms with van der Waals surface area (Å²) in [5.74, 6) is -1.62. The van der Waals surface area contributed by atoms with E-state index in [0.29, 0.717) is 0 Å². The first kappa shape index (κ1) is 13.5. The Morgan fingerprint density at radius 2 is 2.21 bits per heavy atom. The summed E-state index contributed by atoms with van der Waals surface area (Å²) >= 11 is 0. The lowest BCUT2D eigenvalue weighted by Gasteiger charge is -2.23. The van der Waals surface area contributed by atoms with Crippen molar-refractivity contribution < 1.29 is 20.1 Å². The van der Waals surface area contributed by atoms with E-state index in [0.717, 1.165) is 16.8 Å². The van der Waals surface area contributed by atoms with Crippen LogP contribution < -0.4 is 11.2 Å². The van der Waals surface area contributed by atoms with Gasteiger partial charge < -0.3 is 20.1 Å². The Morgan fingerprint density at radius 3 is 2.74 bits per heavy atom. The van der Waals surface area contributed by atoms with Crippen molar-refractivity contribution in [1.82, 2.24) is 9.55 Å². The maximum Gasteiger partial charge on any atom is 0.330 e. The average Bonchev–Trinajstić information content (AvgIpc) is 2.59. The van der Waals surface area contributed by atoms with E-state index in [1.165, 1.54) is 0 Å². The number of nitrogens with zero attached hydrogens (tertiary/aromatic N) is 1. The molecule has 0 radical (unpaired) electrons. The summed E-state index contributed by atoms with van der Waals surface area (Å²) in [5, 5.41) is 28.7. The maximum absolute atomic E-state index is 11.6. The predicted molar refractivity (Wildman–Crippen MR) is 61.8 cm³/mol. The van der Waals surface area contributed by atoms with Gasteiger partial charge in [0.1, 0.15) is 12.0 Å². The molecule has 0 unspecified atom stereocenters. The van der Waals surface area contributed by atoms with Gasteiger partial charge in [0, 0.05) is 12.3 Å². The number of hydrogen-bond donors (Lipinski definition) is 4. The van der Waals surface area contributed by atoms with Crippen LogP contribution in [-0.4, -0.2) is 43.4 Å². The van der Waals surface area contributed by atoms with Crippen LogP contribution in [0, 0.1) is 18.3 Å². The second-order valence-corrected chi connectivity index (χ2v) is 4.14. The monoisotopic (exact) mass is 268 g/mol. The Balaban J connectivity index is 2.49. The molecule has 1 fully saturated rings. The highest BCUT2D eigenvalue weighted by Crippen LogP contribution is 2.39. The molecule has 0 bridgehead atoms. The number of aromatic nitrogens is 2. The number of aliphatic hydroxyl groups excluding tert-OH is 1. The fraction of sp³-hybridized carbons (Fsp3) is 0.455. The van der Waals surface area contributed by atoms with Crippen molar-refractivity contribution in [2.45, 2.75) is 18.1 Å². The molecule has 8 heteroatoms. The summed E-state index contributed by atoms with van der Waals surface area (Å²) in [6.45, 7) is -0.681. The van der Waals surface area contributed by atoms with Gasteiger partial charge in [-0.3, -0.25) is 14.3 Å². The summed E-state index contributed by atoms with van der Waals surface area (Å²) in [5.41, 5.74) is -1.40. The van der Waals surface area contributed by atoms with Gasteiger partial charge in [0.2, 0.25) is 5.79 Å². The highest BCUT2D eigenvalue weighted by molar-refractivity contribution is 5.09. The van der Waals surface area contributed by atoms with Crippen LogP contribution >= 0.6 is 0 Å². The van der Waals surface area contributed by atoms with Crippen LogP contribution in [0.3, 0.4) is 0 Å². The number of terminal acetylenes is 1. The molecule has 1 saturated heterocycles. The first-order valence-electron chi connectivity index (χ1n) is 5.40. The maximum atomic E-state index is 11.6. The van der Waals surface area contributed by atoms with Crippen molar-refractivity contribution in [2.24, 2.45) is 5.92 Å². The number of H-pyrrole nitrogens is 1. The lowest BCUT2D eigenvalue weighted by Crippen LogP contribution is -2.45. The van der Waals surface area contributed by atoms with E-state index in [2.05, 4.69) is 5.92 Å². The van der Waals surface area contributed by atoms with Crippen molar-refractivity contribution in [3.05, 3.63) is 33.1 Å². The van der Waals surface area contributed by atoms with Gasteiger partial charge in [-0.1, -0.05) is 5.92 Å². The second-order valence-electron chi connectivity index (χ2n) is 4.14. The van der Waals surface area contributed by atoms with Gasteiger partial charge in [-0.2, -0.15) is 0 Å². The SMILES string of the molecule is C#C[C@H]1[C@H](n2ccc(=O)[nH]c2=O)O[C@H](CO)C1(O)O. The molecule has 2 heterocycles. The van der Waals surface area contributed by atoms with Gasteiger partial charge in [0.15, 0.2) is 6.23 Å². The minimum atomic E-state index is -2.47. The molecule has 0 aliphatic carbocycles. The number of nitrogens with one attached hydrogen (secondary N) is 1. The quantitative estimate of drug-likeness (QED) is 0.343. The Hall–Kier alpha value is -1.92. The Bertz CT molecular complexity index is 625. The van der Waals surface area contributed by atoms with Crippen LogP contribution in [0.25, 0.3) is 0 Å². The smallest absolute Gasteiger partial charge is 0.330 e. The minimum absolute atomic E-state index is 0.602. The van der Waals surface area contributed by atoms with Gasteiger partial charge >= 0.3 is 5.69 Å². The van der Waals surface area contributed by atoms with Crippen LogP contribution in [-0.2, 0) is 4.74 Å². The van der Waals surface area contributed by atoms with Crippen LogP contribution in [0.5, 0.6) is 0 Å². The molecule has 1 aliphatic heterocycles. The molecule has 3 atom stereocenters. The van der Waals surface area contributed by atoms with Gasteiger partial charge in [-0.25, -0.2) is 4.79 Å². The number of hydrogen-bond acceptors (Lipinski definition) is 6. The van der Waals surface area contributed by atoms with Crippen molar-refractivity contribution in [2.75, 3.05) is 6.61 Å². The first-order chi connectivity index (χ1) is 8.91. The highest BCUT2D eigenvalue weighted by Gasteiger charge is 2.55. The third-order valence-corrected chi connectivity index (χ3v) is 2.99. The molecule has 1 aliphatic rings. The highest BCUT2D eigenvalue weighted by atomic mass is 16.6. The van der Waals surface area contributed by atoms with Crippen LogP contribution in [0.15, 0.2) is 21.9 Å². The molecule has 4 N–H and O–H groups in total. The van der Waals surface area contributed by atoms with Crippen LogP contribution in [0.4, 0.5) is 0 Å². The molecular weight excluding hydrogens is 256 g/mol. The zero-order valence-corrected chi connectivity index (χ0v) is 9.68. The van der Waals surface area contributed by atoms with E-state index in [4.69, 9.17) is 16.3 Å². The van der Waals surface area contributed by atoms with Crippen molar-refractivity contribution >= 4 is 0 Å². The molecule has 1 aromatic heterocycles. The number of aliphatic hydroxyl groups is 3. The molecule has 19 heavy (non-hydrogen) atoms. The summed E-state index contributed by atoms with van der Waals surface area (Å²) in [7, 11) is 0. The van der Waals surface area contributed by atoms with Gasteiger partial charge in [0.05, 0.1) is 6.61 Å². The van der Waals surface area contributed by atoms with E-state index >= 15 is 0 Å². The third kappa shape index (κ3) is 2.09. The fourth-order valence-electron chi connectivity index (χ4n) is 1.99. The molecule has 102 valence electrons. The van der Waals surface area contributed by atoms with E-state index in [9.17, 15) is 19.8 Å². The Labute approximate surface area is 106 Å². The lowest BCUT2D eigenvalue weighted by atomic mass is 9.96. The number of aromatic amines is 1. The van der Waals surface area contributed by atoms with Crippen molar-refractivity contribution in [3.63, 3.8) is 0 Å². The van der Waals surface area contributed by atoms with E-state index in [1.807, 2.05) is 4.98 Å². The van der Waals surface area contributed by atoms with E-state index < -0.39 is 41.9 Å². The molecule has 0 amide bonds. The molecule has 2 rings (SSSR count). The molecular formula is C11H12N2O6. The number of rotatable bonds is 2. The van der Waals surface area contributed by atoms with Gasteiger partial charge in [-0.05, 0) is 0 Å². The Kier molecular flexibility index (Phi) is 3.30. The third-order valence-electron chi connectivity index (χ3n) is 2.99. The average molecular weight is 268 g/mol. The number of ether oxygens (including phenoxy) is 1. The Morgan fingerprint density at radius 1 is 1.53 bits per heavy atom. The summed E-state index contributed by atoms with van der Waals surface area (Å²) < 4.78 is 6.12. The second kappa shape index (κ2) is 4.64. The van der Waals surface area contributed by atoms with E-state index in [-0.39, 0.29) is 0 Å². The van der Waals surface area contributed by atoms with E-state index in [1.54, 1.807) is 0 Å². The molecule has 0 saturated carbocycles. The van der Waals surface area contributed by atoms with Crippen molar-refractivity contribution in [3.8, 4) is 12.3 Å².